The van der Waals surface area contributed by atoms with E-state index in [1.54, 1.807) is 30.5 Å². The van der Waals surface area contributed by atoms with Crippen LogP contribution < -0.4 is 15.6 Å². The fourth-order valence-electron chi connectivity index (χ4n) is 3.90. The molecule has 0 spiro atoms. The molecule has 6 nitrogen and oxygen atoms in total. The van der Waals surface area contributed by atoms with E-state index >= 15 is 0 Å². The van der Waals surface area contributed by atoms with Gasteiger partial charge in [-0.2, -0.15) is 5.10 Å². The van der Waals surface area contributed by atoms with Gasteiger partial charge in [0.15, 0.2) is 0 Å². The molecule has 1 aliphatic rings. The van der Waals surface area contributed by atoms with Crippen molar-refractivity contribution in [3.8, 4) is 0 Å². The summed E-state index contributed by atoms with van der Waals surface area (Å²) >= 11 is 0. The molecule has 0 radical (unpaired) electrons. The summed E-state index contributed by atoms with van der Waals surface area (Å²) < 4.78 is 0. The Morgan fingerprint density at radius 1 is 0.968 bits per heavy atom. The van der Waals surface area contributed by atoms with E-state index in [0.717, 1.165) is 44.3 Å². The van der Waals surface area contributed by atoms with Crippen molar-refractivity contribution in [1.29, 1.82) is 0 Å². The third-order valence-electron chi connectivity index (χ3n) is 5.79. The Morgan fingerprint density at radius 2 is 1.61 bits per heavy atom. The van der Waals surface area contributed by atoms with Crippen LogP contribution in [0.15, 0.2) is 53.6 Å². The molecule has 0 heterocycles. The number of nitrogens with one attached hydrogen (secondary N) is 2. The van der Waals surface area contributed by atoms with Crippen LogP contribution in [0.2, 0.25) is 0 Å². The average molecular weight is 421 g/mol. The van der Waals surface area contributed by atoms with Gasteiger partial charge in [0.05, 0.1) is 6.21 Å². The van der Waals surface area contributed by atoms with Crippen LogP contribution in [0.1, 0.15) is 61.9 Å². The van der Waals surface area contributed by atoms with Gasteiger partial charge in [0.25, 0.3) is 5.91 Å². The smallest absolute Gasteiger partial charge is 0.271 e. The van der Waals surface area contributed by atoms with Gasteiger partial charge >= 0.3 is 0 Å². The Labute approximate surface area is 184 Å². The Balaban J connectivity index is 1.50. The lowest BCUT2D eigenvalue weighted by atomic mass is 9.88. The van der Waals surface area contributed by atoms with Crippen LogP contribution in [0.4, 0.5) is 11.4 Å². The fourth-order valence-corrected chi connectivity index (χ4v) is 3.90. The highest BCUT2D eigenvalue weighted by Gasteiger charge is 2.21. The van der Waals surface area contributed by atoms with Gasteiger partial charge in [-0.15, -0.1) is 0 Å². The fraction of sp³-hybridized carbons (Fsp3) is 0.400. The van der Waals surface area contributed by atoms with Gasteiger partial charge in [-0.3, -0.25) is 9.59 Å². The molecule has 1 saturated carbocycles. The number of anilines is 2. The summed E-state index contributed by atoms with van der Waals surface area (Å²) in [6.45, 7) is 6.18. The quantitative estimate of drug-likeness (QED) is 0.475. The molecular formula is C25H32N4O2. The van der Waals surface area contributed by atoms with Crippen molar-refractivity contribution in [2.24, 2.45) is 11.0 Å². The molecule has 0 atom stereocenters. The van der Waals surface area contributed by atoms with Gasteiger partial charge in [0.1, 0.15) is 0 Å². The standard InChI is InChI=1S/C25H32N4O2/c1-3-29(4-2)23-16-10-19(11-17-23)18-26-28-25(31)21-12-14-22(15-13-21)27-24(30)20-8-6-5-7-9-20/h10-18,20H,3-9H2,1-2H3,(H,27,30)(H,28,31). The van der Waals surface area contributed by atoms with Crippen LogP contribution >= 0.6 is 0 Å². The predicted octanol–water partition coefficient (Wildman–Crippen LogP) is 4.82. The Hall–Kier alpha value is -3.15. The number of benzene rings is 2. The first-order valence-electron chi connectivity index (χ1n) is 11.2. The van der Waals surface area contributed by atoms with E-state index in [2.05, 4.69) is 46.7 Å². The van der Waals surface area contributed by atoms with Crippen LogP contribution in [0.25, 0.3) is 0 Å². The largest absolute Gasteiger partial charge is 0.372 e. The lowest BCUT2D eigenvalue weighted by molar-refractivity contribution is -0.120. The third-order valence-corrected chi connectivity index (χ3v) is 5.79. The Kier molecular flexibility index (Phi) is 8.21. The highest BCUT2D eigenvalue weighted by molar-refractivity contribution is 5.96. The highest BCUT2D eigenvalue weighted by atomic mass is 16.2. The first kappa shape index (κ1) is 22.5. The van der Waals surface area contributed by atoms with Crippen molar-refractivity contribution in [3.05, 3.63) is 59.7 Å². The zero-order chi connectivity index (χ0) is 22.1. The molecule has 31 heavy (non-hydrogen) atoms. The van der Waals surface area contributed by atoms with Crippen molar-refractivity contribution in [2.45, 2.75) is 46.0 Å². The van der Waals surface area contributed by atoms with E-state index in [0.29, 0.717) is 11.3 Å². The normalized spacial score (nSPS) is 14.4. The van der Waals surface area contributed by atoms with Crippen LogP contribution in [0.5, 0.6) is 0 Å². The maximum Gasteiger partial charge on any atom is 0.271 e. The van der Waals surface area contributed by atoms with E-state index in [9.17, 15) is 9.59 Å². The molecule has 164 valence electrons. The van der Waals surface area contributed by atoms with Crippen molar-refractivity contribution in [1.82, 2.24) is 5.43 Å². The number of carbonyl (C=O) groups is 2. The molecule has 2 aromatic rings. The average Bonchev–Trinajstić information content (AvgIpc) is 2.82. The van der Waals surface area contributed by atoms with Gasteiger partial charge in [0, 0.05) is 35.9 Å². The van der Waals surface area contributed by atoms with Gasteiger partial charge in [-0.1, -0.05) is 31.4 Å². The second-order valence-electron chi connectivity index (χ2n) is 7.86. The molecule has 1 fully saturated rings. The van der Waals surface area contributed by atoms with Crippen LogP contribution in [-0.4, -0.2) is 31.1 Å². The minimum atomic E-state index is -0.291. The SMILES string of the molecule is CCN(CC)c1ccc(C=NNC(=O)c2ccc(NC(=O)C3CCCCC3)cc2)cc1. The molecule has 0 aliphatic heterocycles. The minimum Gasteiger partial charge on any atom is -0.372 e. The summed E-state index contributed by atoms with van der Waals surface area (Å²) in [5.41, 5.74) is 5.84. The number of carbonyl (C=O) groups excluding carboxylic acids is 2. The van der Waals surface area contributed by atoms with E-state index in [1.165, 1.54) is 12.1 Å². The van der Waals surface area contributed by atoms with E-state index in [4.69, 9.17) is 0 Å². The summed E-state index contributed by atoms with van der Waals surface area (Å²) in [6.07, 6.45) is 7.01. The van der Waals surface area contributed by atoms with E-state index < -0.39 is 0 Å². The predicted molar refractivity (Wildman–Crippen MR) is 127 cm³/mol. The first-order chi connectivity index (χ1) is 15.1. The summed E-state index contributed by atoms with van der Waals surface area (Å²) in [7, 11) is 0. The maximum atomic E-state index is 12.3. The molecule has 2 aromatic carbocycles. The summed E-state index contributed by atoms with van der Waals surface area (Å²) in [6, 6.07) is 15.0. The van der Waals surface area contributed by atoms with E-state index in [1.807, 2.05) is 12.1 Å². The number of amides is 2. The van der Waals surface area contributed by atoms with Gasteiger partial charge in [-0.05, 0) is 68.7 Å². The lowest BCUT2D eigenvalue weighted by Crippen LogP contribution is -2.24. The van der Waals surface area contributed by atoms with Crippen molar-refractivity contribution in [3.63, 3.8) is 0 Å². The summed E-state index contributed by atoms with van der Waals surface area (Å²) in [4.78, 5) is 26.9. The van der Waals surface area contributed by atoms with Gasteiger partial charge < -0.3 is 10.2 Å². The number of hydrazone groups is 1. The molecule has 6 heteroatoms. The number of hydrogen-bond acceptors (Lipinski definition) is 4. The first-order valence-corrected chi connectivity index (χ1v) is 11.2. The molecular weight excluding hydrogens is 388 g/mol. The highest BCUT2D eigenvalue weighted by Crippen LogP contribution is 2.25. The minimum absolute atomic E-state index is 0.0773. The second-order valence-corrected chi connectivity index (χ2v) is 7.86. The second kappa shape index (κ2) is 11.3. The molecule has 2 amide bonds. The van der Waals surface area contributed by atoms with Crippen molar-refractivity contribution >= 4 is 29.4 Å². The molecule has 0 unspecified atom stereocenters. The Morgan fingerprint density at radius 3 is 2.23 bits per heavy atom. The number of hydrogen-bond donors (Lipinski definition) is 2. The van der Waals surface area contributed by atoms with Crippen molar-refractivity contribution in [2.75, 3.05) is 23.3 Å². The molecule has 0 saturated heterocycles. The topological polar surface area (TPSA) is 73.8 Å². The zero-order valence-corrected chi connectivity index (χ0v) is 18.4. The van der Waals surface area contributed by atoms with Crippen molar-refractivity contribution < 1.29 is 9.59 Å². The van der Waals surface area contributed by atoms with Gasteiger partial charge in [-0.25, -0.2) is 5.43 Å². The van der Waals surface area contributed by atoms with E-state index in [-0.39, 0.29) is 17.7 Å². The third kappa shape index (κ3) is 6.41. The van der Waals surface area contributed by atoms with Crippen LogP contribution in [0, 0.1) is 5.92 Å². The maximum absolute atomic E-state index is 12.3. The van der Waals surface area contributed by atoms with Crippen LogP contribution in [-0.2, 0) is 4.79 Å². The molecule has 2 N–H and O–H groups in total. The number of rotatable bonds is 8. The number of nitrogens with zero attached hydrogens (tertiary/aromatic N) is 2. The Bertz CT molecular complexity index is 881. The van der Waals surface area contributed by atoms with Gasteiger partial charge in [0.2, 0.25) is 5.91 Å². The summed E-state index contributed by atoms with van der Waals surface area (Å²) in [5.74, 6) is -0.109. The zero-order valence-electron chi connectivity index (χ0n) is 18.4. The molecule has 3 rings (SSSR count). The summed E-state index contributed by atoms with van der Waals surface area (Å²) in [5, 5.41) is 7.02. The monoisotopic (exact) mass is 420 g/mol. The molecule has 1 aliphatic carbocycles. The lowest BCUT2D eigenvalue weighted by Gasteiger charge is -2.20. The van der Waals surface area contributed by atoms with Crippen LogP contribution in [0.3, 0.4) is 0 Å². The molecule has 0 aromatic heterocycles. The molecule has 0 bridgehead atoms.